The van der Waals surface area contributed by atoms with Crippen LogP contribution in [0.3, 0.4) is 0 Å². The maximum atomic E-state index is 13.3. The highest BCUT2D eigenvalue weighted by molar-refractivity contribution is 5.95. The van der Waals surface area contributed by atoms with E-state index in [1.807, 2.05) is 0 Å². The first kappa shape index (κ1) is 14.9. The molecular weight excluding hydrogens is 326 g/mol. The van der Waals surface area contributed by atoms with Crippen LogP contribution in [0.1, 0.15) is 25.1 Å². The van der Waals surface area contributed by atoms with Crippen LogP contribution in [0.5, 0.6) is 0 Å². The lowest BCUT2D eigenvalue weighted by Crippen LogP contribution is -2.55. The van der Waals surface area contributed by atoms with Crippen molar-refractivity contribution in [2.75, 3.05) is 0 Å². The Kier molecular flexibility index (Phi) is 2.74. The van der Waals surface area contributed by atoms with Gasteiger partial charge in [0.1, 0.15) is 23.1 Å². The summed E-state index contributed by atoms with van der Waals surface area (Å²) in [6.45, 7) is 1.79. The van der Waals surface area contributed by atoms with Crippen molar-refractivity contribution in [1.82, 2.24) is 4.90 Å². The average Bonchev–Trinajstić information content (AvgIpc) is 3.32. The van der Waals surface area contributed by atoms with Gasteiger partial charge >= 0.3 is 5.97 Å². The number of ketones is 1. The first-order chi connectivity index (χ1) is 12.0. The molecule has 1 aromatic heterocycles. The van der Waals surface area contributed by atoms with Gasteiger partial charge in [0, 0.05) is 12.3 Å². The minimum absolute atomic E-state index is 0.0321. The molecule has 7 atom stereocenters. The molecule has 1 N–H and O–H groups in total. The molecule has 0 unspecified atom stereocenters. The van der Waals surface area contributed by atoms with Crippen LogP contribution in [0.25, 0.3) is 0 Å². The summed E-state index contributed by atoms with van der Waals surface area (Å²) >= 11 is 0. The first-order valence-electron chi connectivity index (χ1n) is 8.44. The summed E-state index contributed by atoms with van der Waals surface area (Å²) in [5.74, 6) is -2.85. The van der Waals surface area contributed by atoms with E-state index in [0.717, 1.165) is 0 Å². The minimum Gasteiger partial charge on any atom is -0.481 e. The molecule has 0 aromatic carbocycles. The van der Waals surface area contributed by atoms with E-state index >= 15 is 0 Å². The van der Waals surface area contributed by atoms with Gasteiger partial charge in [0.15, 0.2) is 0 Å². The Bertz CT molecular complexity index is 814. The molecule has 25 heavy (non-hydrogen) atoms. The highest BCUT2D eigenvalue weighted by atomic mass is 16.5. The molecule has 1 spiro atoms. The Morgan fingerprint density at radius 1 is 1.40 bits per heavy atom. The number of carboxylic acids is 1. The zero-order valence-electron chi connectivity index (χ0n) is 13.5. The van der Waals surface area contributed by atoms with Crippen molar-refractivity contribution in [1.29, 1.82) is 0 Å². The van der Waals surface area contributed by atoms with Crippen molar-refractivity contribution in [3.05, 3.63) is 36.3 Å². The normalized spacial score (nSPS) is 44.3. The lowest BCUT2D eigenvalue weighted by molar-refractivity contribution is -0.152. The van der Waals surface area contributed by atoms with Gasteiger partial charge in [-0.3, -0.25) is 14.4 Å². The molecule has 4 aliphatic heterocycles. The fourth-order valence-electron chi connectivity index (χ4n) is 5.25. The summed E-state index contributed by atoms with van der Waals surface area (Å²) in [6, 6.07) is 2.44. The molecule has 3 saturated heterocycles. The third-order valence-electron chi connectivity index (χ3n) is 6.24. The number of ether oxygens (including phenoxy) is 1. The average molecular weight is 343 g/mol. The number of fused-ring (bicyclic) bond motifs is 2. The van der Waals surface area contributed by atoms with E-state index in [1.54, 1.807) is 36.1 Å². The van der Waals surface area contributed by atoms with E-state index < -0.39 is 47.5 Å². The van der Waals surface area contributed by atoms with Gasteiger partial charge < -0.3 is 19.2 Å². The Balaban J connectivity index is 1.67. The topological polar surface area (TPSA) is 97.1 Å². The summed E-state index contributed by atoms with van der Waals surface area (Å²) in [5.41, 5.74) is -1.04. The van der Waals surface area contributed by atoms with Crippen LogP contribution >= 0.6 is 0 Å². The number of piperidine rings is 1. The summed E-state index contributed by atoms with van der Waals surface area (Å²) < 4.78 is 11.5. The molecule has 2 bridgehead atoms. The molecular formula is C18H17NO6. The zero-order valence-corrected chi connectivity index (χ0v) is 13.5. The molecule has 7 heteroatoms. The van der Waals surface area contributed by atoms with Gasteiger partial charge in [0.05, 0.1) is 30.4 Å². The van der Waals surface area contributed by atoms with Crippen molar-refractivity contribution < 1.29 is 28.6 Å². The third kappa shape index (κ3) is 1.62. The van der Waals surface area contributed by atoms with Crippen LogP contribution in [0.15, 0.2) is 35.0 Å². The van der Waals surface area contributed by atoms with Crippen molar-refractivity contribution in [2.24, 2.45) is 17.8 Å². The summed E-state index contributed by atoms with van der Waals surface area (Å²) in [6.07, 6.45) is 4.59. The van der Waals surface area contributed by atoms with Crippen LogP contribution in [0.2, 0.25) is 0 Å². The van der Waals surface area contributed by atoms with Crippen LogP contribution in [-0.4, -0.2) is 45.4 Å². The van der Waals surface area contributed by atoms with Crippen LogP contribution < -0.4 is 0 Å². The largest absolute Gasteiger partial charge is 0.481 e. The maximum Gasteiger partial charge on any atom is 0.310 e. The fourth-order valence-corrected chi connectivity index (χ4v) is 5.25. The number of hydrogen-bond acceptors (Lipinski definition) is 5. The predicted octanol–water partition coefficient (Wildman–Crippen LogP) is 1.16. The number of Topliss-reactive ketones (excluding diaryl/α,β-unsaturated/α-hetero) is 1. The van der Waals surface area contributed by atoms with Gasteiger partial charge in [-0.2, -0.15) is 0 Å². The van der Waals surface area contributed by atoms with Crippen molar-refractivity contribution >= 4 is 17.7 Å². The van der Waals surface area contributed by atoms with Crippen LogP contribution in [0, 0.1) is 17.8 Å². The van der Waals surface area contributed by atoms with Gasteiger partial charge in [0.2, 0.25) is 5.91 Å². The van der Waals surface area contributed by atoms with E-state index in [2.05, 4.69) is 0 Å². The second-order valence-electron chi connectivity index (χ2n) is 7.32. The van der Waals surface area contributed by atoms with Gasteiger partial charge in [-0.05, 0) is 12.1 Å². The Morgan fingerprint density at radius 3 is 2.88 bits per heavy atom. The van der Waals surface area contributed by atoms with E-state index in [-0.39, 0.29) is 18.1 Å². The Morgan fingerprint density at radius 2 is 2.20 bits per heavy atom. The Labute approximate surface area is 143 Å². The van der Waals surface area contributed by atoms with Gasteiger partial charge in [-0.1, -0.05) is 19.1 Å². The Hall–Kier alpha value is -2.41. The van der Waals surface area contributed by atoms with Gasteiger partial charge in [-0.25, -0.2) is 0 Å². The first-order valence-corrected chi connectivity index (χ1v) is 8.44. The van der Waals surface area contributed by atoms with Crippen molar-refractivity contribution in [3.8, 4) is 0 Å². The summed E-state index contributed by atoms with van der Waals surface area (Å²) in [5, 5.41) is 9.63. The molecule has 1 aromatic rings. The minimum atomic E-state index is -1.04. The highest BCUT2D eigenvalue weighted by Crippen LogP contribution is 2.59. The van der Waals surface area contributed by atoms with Crippen molar-refractivity contribution in [2.45, 2.75) is 37.1 Å². The predicted molar refractivity (Wildman–Crippen MR) is 82.2 cm³/mol. The SMILES string of the molecule is C[C@@H]1C(=O)C[C@H](c2ccco2)N2C(=O)[C@@H]3[C@@H](C(=O)O)[C@H]4C=C[C@@]3(O4)[C@@H]12. The van der Waals surface area contributed by atoms with Gasteiger partial charge in [-0.15, -0.1) is 0 Å². The number of furan rings is 1. The summed E-state index contributed by atoms with van der Waals surface area (Å²) in [4.78, 5) is 39.3. The van der Waals surface area contributed by atoms with Gasteiger partial charge in [0.25, 0.3) is 0 Å². The molecule has 5 heterocycles. The van der Waals surface area contributed by atoms with Crippen LogP contribution in [-0.2, 0) is 19.1 Å². The number of rotatable bonds is 2. The van der Waals surface area contributed by atoms with E-state index in [0.29, 0.717) is 5.76 Å². The third-order valence-corrected chi connectivity index (χ3v) is 6.24. The zero-order chi connectivity index (χ0) is 17.5. The maximum absolute atomic E-state index is 13.3. The standard InChI is InChI=1S/C18H17NO6/c1-8-10(20)7-9(11-3-2-6-24-11)19-15(8)18-5-4-12(25-18)13(17(22)23)14(18)16(19)21/h2-6,8-9,12-15H,7H2,1H3,(H,22,23)/t8-,9-,12-,13+,14+,15-,18+/m1/s1. The number of amides is 1. The molecule has 7 nitrogen and oxygen atoms in total. The van der Waals surface area contributed by atoms with E-state index in [9.17, 15) is 19.5 Å². The summed E-state index contributed by atoms with van der Waals surface area (Å²) in [7, 11) is 0. The van der Waals surface area contributed by atoms with Crippen LogP contribution in [0.4, 0.5) is 0 Å². The number of carbonyl (C=O) groups excluding carboxylic acids is 2. The number of carbonyl (C=O) groups is 3. The molecule has 1 amide bonds. The molecule has 4 aliphatic rings. The van der Waals surface area contributed by atoms with Crippen molar-refractivity contribution in [3.63, 3.8) is 0 Å². The fraction of sp³-hybridized carbons (Fsp3) is 0.500. The lowest BCUT2D eigenvalue weighted by Gasteiger charge is -2.43. The monoisotopic (exact) mass is 343 g/mol. The second-order valence-corrected chi connectivity index (χ2v) is 7.32. The molecule has 3 fully saturated rings. The smallest absolute Gasteiger partial charge is 0.310 e. The number of aliphatic carboxylic acids is 1. The number of nitrogens with zero attached hydrogens (tertiary/aromatic N) is 1. The quantitative estimate of drug-likeness (QED) is 0.810. The second kappa shape index (κ2) is 4.60. The lowest BCUT2D eigenvalue weighted by atomic mass is 9.71. The number of hydrogen-bond donors (Lipinski definition) is 1. The molecule has 0 saturated carbocycles. The molecule has 0 aliphatic carbocycles. The molecule has 0 radical (unpaired) electrons. The molecule has 5 rings (SSSR count). The highest BCUT2D eigenvalue weighted by Gasteiger charge is 2.74. The molecule has 130 valence electrons. The number of carboxylic acid groups (broad SMARTS) is 1. The van der Waals surface area contributed by atoms with E-state index in [1.165, 1.54) is 6.26 Å². The van der Waals surface area contributed by atoms with E-state index in [4.69, 9.17) is 9.15 Å².